The van der Waals surface area contributed by atoms with Crippen LogP contribution in [0.3, 0.4) is 0 Å². The van der Waals surface area contributed by atoms with Crippen LogP contribution in [-0.2, 0) is 15.3 Å². The molecule has 1 aliphatic heterocycles. The minimum atomic E-state index is -0.755. The van der Waals surface area contributed by atoms with Gasteiger partial charge in [-0.3, -0.25) is 10.1 Å². The zero-order valence-electron chi connectivity index (χ0n) is 9.88. The fraction of sp³-hybridized carbons (Fsp3) is 0.500. The Morgan fingerprint density at radius 3 is 2.18 bits per heavy atom. The van der Waals surface area contributed by atoms with Crippen molar-refractivity contribution in [3.05, 3.63) is 39.9 Å². The van der Waals surface area contributed by atoms with Crippen molar-refractivity contribution in [2.75, 3.05) is 13.2 Å². The molecule has 0 aromatic heterocycles. The third-order valence-electron chi connectivity index (χ3n) is 2.96. The van der Waals surface area contributed by atoms with Crippen molar-refractivity contribution in [2.45, 2.75) is 19.6 Å². The lowest BCUT2D eigenvalue weighted by molar-refractivity contribution is -0.384. The fourth-order valence-corrected chi connectivity index (χ4v) is 2.08. The van der Waals surface area contributed by atoms with E-state index in [1.807, 2.05) is 13.8 Å². The summed E-state index contributed by atoms with van der Waals surface area (Å²) >= 11 is 0. The quantitative estimate of drug-likeness (QED) is 0.598. The summed E-state index contributed by atoms with van der Waals surface area (Å²) in [7, 11) is 0. The van der Waals surface area contributed by atoms with Gasteiger partial charge in [0.25, 0.3) is 5.69 Å². The first-order chi connectivity index (χ1) is 8.06. The summed E-state index contributed by atoms with van der Waals surface area (Å²) in [6, 6.07) is 6.35. The van der Waals surface area contributed by atoms with Crippen LogP contribution in [0.25, 0.3) is 0 Å². The van der Waals surface area contributed by atoms with Gasteiger partial charge in [0.05, 0.1) is 18.1 Å². The van der Waals surface area contributed by atoms with Crippen LogP contribution in [0.4, 0.5) is 5.69 Å². The van der Waals surface area contributed by atoms with Crippen molar-refractivity contribution in [3.63, 3.8) is 0 Å². The Labute approximate surface area is 99.5 Å². The van der Waals surface area contributed by atoms with Gasteiger partial charge in [-0.1, -0.05) is 13.8 Å². The number of non-ortho nitro benzene ring substituents is 1. The molecule has 0 atom stereocenters. The predicted octanol–water partition coefficient (Wildman–Crippen LogP) is 2.45. The van der Waals surface area contributed by atoms with Crippen molar-refractivity contribution in [1.82, 2.24) is 0 Å². The van der Waals surface area contributed by atoms with Gasteiger partial charge in [-0.2, -0.15) is 0 Å². The first-order valence-corrected chi connectivity index (χ1v) is 5.59. The predicted molar refractivity (Wildman–Crippen MR) is 61.5 cm³/mol. The summed E-state index contributed by atoms with van der Waals surface area (Å²) in [5.74, 6) is -0.610. The molecule has 2 rings (SSSR count). The lowest BCUT2D eigenvalue weighted by Crippen LogP contribution is -2.33. The maximum Gasteiger partial charge on any atom is 0.269 e. The molecule has 92 valence electrons. The molecule has 5 nitrogen and oxygen atoms in total. The van der Waals surface area contributed by atoms with Gasteiger partial charge in [0.2, 0.25) is 0 Å². The molecule has 1 saturated heterocycles. The Kier molecular flexibility index (Phi) is 3.13. The Balaban J connectivity index is 2.34. The standard InChI is InChI=1S/C12H15NO4/c1-9(2)12(16-7-8-17-12)10-3-5-11(6-4-10)13(14)15/h3-6,9H,7-8H2,1-2H3. The van der Waals surface area contributed by atoms with Gasteiger partial charge in [0.15, 0.2) is 5.79 Å². The monoisotopic (exact) mass is 237 g/mol. The van der Waals surface area contributed by atoms with E-state index in [0.29, 0.717) is 13.2 Å². The molecule has 0 saturated carbocycles. The van der Waals surface area contributed by atoms with Crippen LogP contribution in [-0.4, -0.2) is 18.1 Å². The van der Waals surface area contributed by atoms with E-state index in [1.54, 1.807) is 12.1 Å². The summed E-state index contributed by atoms with van der Waals surface area (Å²) in [6.07, 6.45) is 0. The van der Waals surface area contributed by atoms with Gasteiger partial charge in [0, 0.05) is 23.6 Å². The van der Waals surface area contributed by atoms with E-state index in [9.17, 15) is 10.1 Å². The van der Waals surface area contributed by atoms with E-state index in [4.69, 9.17) is 9.47 Å². The summed E-state index contributed by atoms with van der Waals surface area (Å²) in [6.45, 7) is 5.11. The number of hydrogen-bond acceptors (Lipinski definition) is 4. The van der Waals surface area contributed by atoms with Gasteiger partial charge >= 0.3 is 0 Å². The van der Waals surface area contributed by atoms with Crippen LogP contribution >= 0.6 is 0 Å². The van der Waals surface area contributed by atoms with Crippen molar-refractivity contribution in [1.29, 1.82) is 0 Å². The minimum absolute atomic E-state index is 0.0747. The molecule has 1 aromatic rings. The first-order valence-electron chi connectivity index (χ1n) is 5.59. The number of nitrogens with zero attached hydrogens (tertiary/aromatic N) is 1. The fourth-order valence-electron chi connectivity index (χ4n) is 2.08. The van der Waals surface area contributed by atoms with E-state index in [-0.39, 0.29) is 11.6 Å². The molecule has 1 fully saturated rings. The van der Waals surface area contributed by atoms with Gasteiger partial charge in [-0.05, 0) is 12.1 Å². The van der Waals surface area contributed by atoms with Crippen LogP contribution < -0.4 is 0 Å². The largest absolute Gasteiger partial charge is 0.343 e. The molecular formula is C12H15NO4. The van der Waals surface area contributed by atoms with Crippen molar-refractivity contribution in [2.24, 2.45) is 5.92 Å². The molecule has 0 amide bonds. The highest BCUT2D eigenvalue weighted by molar-refractivity contribution is 5.35. The van der Waals surface area contributed by atoms with Gasteiger partial charge in [-0.25, -0.2) is 0 Å². The highest BCUT2D eigenvalue weighted by Crippen LogP contribution is 2.38. The highest BCUT2D eigenvalue weighted by atomic mass is 16.7. The lowest BCUT2D eigenvalue weighted by atomic mass is 9.94. The Hall–Kier alpha value is -1.46. The maximum absolute atomic E-state index is 10.6. The van der Waals surface area contributed by atoms with E-state index in [1.165, 1.54) is 12.1 Å². The number of rotatable bonds is 3. The third-order valence-corrected chi connectivity index (χ3v) is 2.96. The average Bonchev–Trinajstić information content (AvgIpc) is 2.79. The van der Waals surface area contributed by atoms with Gasteiger partial charge < -0.3 is 9.47 Å². The molecule has 5 heteroatoms. The smallest absolute Gasteiger partial charge is 0.269 e. The number of nitro groups is 1. The number of benzene rings is 1. The molecule has 0 unspecified atom stereocenters. The Morgan fingerprint density at radius 2 is 1.76 bits per heavy atom. The van der Waals surface area contributed by atoms with Crippen LogP contribution in [0.2, 0.25) is 0 Å². The molecule has 0 spiro atoms. The average molecular weight is 237 g/mol. The molecule has 1 heterocycles. The number of nitro benzene ring substituents is 1. The lowest BCUT2D eigenvalue weighted by Gasteiger charge is -2.31. The summed E-state index contributed by atoms with van der Waals surface area (Å²) in [5.41, 5.74) is 0.904. The topological polar surface area (TPSA) is 61.6 Å². The van der Waals surface area contributed by atoms with Gasteiger partial charge in [-0.15, -0.1) is 0 Å². The zero-order valence-corrected chi connectivity index (χ0v) is 9.88. The number of hydrogen-bond donors (Lipinski definition) is 0. The van der Waals surface area contributed by atoms with Crippen LogP contribution in [0.15, 0.2) is 24.3 Å². The summed E-state index contributed by atoms with van der Waals surface area (Å²) in [5, 5.41) is 10.6. The SMILES string of the molecule is CC(C)C1(c2ccc([N+](=O)[O-])cc2)OCCO1. The second kappa shape index (κ2) is 4.43. The van der Waals surface area contributed by atoms with Crippen molar-refractivity contribution >= 4 is 5.69 Å². The second-order valence-electron chi connectivity index (χ2n) is 4.32. The first kappa shape index (κ1) is 12.0. The summed E-state index contributed by atoms with van der Waals surface area (Å²) < 4.78 is 11.4. The molecular weight excluding hydrogens is 222 g/mol. The molecule has 0 N–H and O–H groups in total. The summed E-state index contributed by atoms with van der Waals surface area (Å²) in [4.78, 5) is 10.2. The molecule has 17 heavy (non-hydrogen) atoms. The van der Waals surface area contributed by atoms with E-state index in [0.717, 1.165) is 5.56 Å². The Bertz CT molecular complexity index is 407. The van der Waals surface area contributed by atoms with E-state index < -0.39 is 10.7 Å². The molecule has 1 aliphatic rings. The van der Waals surface area contributed by atoms with E-state index >= 15 is 0 Å². The van der Waals surface area contributed by atoms with E-state index in [2.05, 4.69) is 0 Å². The molecule has 0 bridgehead atoms. The molecule has 1 aromatic carbocycles. The molecule has 0 radical (unpaired) electrons. The second-order valence-corrected chi connectivity index (χ2v) is 4.32. The maximum atomic E-state index is 10.6. The van der Waals surface area contributed by atoms with Crippen molar-refractivity contribution in [3.8, 4) is 0 Å². The van der Waals surface area contributed by atoms with Crippen LogP contribution in [0, 0.1) is 16.0 Å². The van der Waals surface area contributed by atoms with Gasteiger partial charge in [0.1, 0.15) is 0 Å². The highest BCUT2D eigenvalue weighted by Gasteiger charge is 2.41. The minimum Gasteiger partial charge on any atom is -0.343 e. The molecule has 0 aliphatic carbocycles. The Morgan fingerprint density at radius 1 is 1.24 bits per heavy atom. The van der Waals surface area contributed by atoms with Crippen LogP contribution in [0.1, 0.15) is 19.4 Å². The normalized spacial score (nSPS) is 18.5. The zero-order chi connectivity index (χ0) is 12.5. The van der Waals surface area contributed by atoms with Crippen LogP contribution in [0.5, 0.6) is 0 Å². The third kappa shape index (κ3) is 2.03. The number of ether oxygens (including phenoxy) is 2. The van der Waals surface area contributed by atoms with Crippen molar-refractivity contribution < 1.29 is 14.4 Å².